The Morgan fingerprint density at radius 3 is 2.93 bits per heavy atom. The van der Waals surface area contributed by atoms with E-state index in [4.69, 9.17) is 16.1 Å². The second kappa shape index (κ2) is 9.18. The van der Waals surface area contributed by atoms with Gasteiger partial charge in [-0.15, -0.1) is 0 Å². The fourth-order valence-corrected chi connectivity index (χ4v) is 3.45. The Bertz CT molecular complexity index is 924. The molecule has 0 aliphatic heterocycles. The van der Waals surface area contributed by atoms with Gasteiger partial charge >= 0.3 is 0 Å². The monoisotopic (exact) mass is 419 g/mol. The number of guanidine groups is 1. The van der Waals surface area contributed by atoms with E-state index in [1.165, 1.54) is 0 Å². The smallest absolute Gasteiger partial charge is 0.248 e. The number of halogens is 1. The number of thiophene rings is 1. The Hall–Kier alpha value is -2.42. The molecule has 1 atom stereocenters. The summed E-state index contributed by atoms with van der Waals surface area (Å²) in [7, 11) is 0. The molecule has 3 N–H and O–H groups in total. The minimum atomic E-state index is -1.000. The molecule has 0 amide bonds. The summed E-state index contributed by atoms with van der Waals surface area (Å²) in [5.41, 5.74) is 0.646. The number of hydrogen-bond donors (Lipinski definition) is 3. The van der Waals surface area contributed by atoms with Crippen LogP contribution in [0.25, 0.3) is 11.4 Å². The van der Waals surface area contributed by atoms with E-state index >= 15 is 0 Å². The van der Waals surface area contributed by atoms with Crippen molar-refractivity contribution >= 4 is 28.9 Å². The zero-order valence-corrected chi connectivity index (χ0v) is 17.2. The van der Waals surface area contributed by atoms with Gasteiger partial charge in [-0.2, -0.15) is 16.3 Å². The van der Waals surface area contributed by atoms with Crippen LogP contribution in [-0.4, -0.2) is 34.3 Å². The van der Waals surface area contributed by atoms with Crippen molar-refractivity contribution in [2.75, 3.05) is 13.1 Å². The second-order valence-electron chi connectivity index (χ2n) is 6.36. The molecule has 2 heterocycles. The largest absolute Gasteiger partial charge is 0.384 e. The molecule has 2 aromatic heterocycles. The predicted octanol–water partition coefficient (Wildman–Crippen LogP) is 3.41. The van der Waals surface area contributed by atoms with Crippen molar-refractivity contribution in [3.05, 3.63) is 57.6 Å². The molecular formula is C19H22ClN5O2S. The molecule has 148 valence electrons. The number of hydrogen-bond acceptors (Lipinski definition) is 6. The molecule has 3 rings (SSSR count). The highest BCUT2D eigenvalue weighted by atomic mass is 35.5. The third-order valence-electron chi connectivity index (χ3n) is 4.01. The summed E-state index contributed by atoms with van der Waals surface area (Å²) in [5.74, 6) is 1.41. The van der Waals surface area contributed by atoms with Gasteiger partial charge in [-0.05, 0) is 48.4 Å². The van der Waals surface area contributed by atoms with E-state index in [0.29, 0.717) is 35.8 Å². The fourth-order valence-electron chi connectivity index (χ4n) is 2.48. The van der Waals surface area contributed by atoms with Gasteiger partial charge in [0.2, 0.25) is 11.7 Å². The van der Waals surface area contributed by atoms with Crippen LogP contribution in [0.2, 0.25) is 5.02 Å². The van der Waals surface area contributed by atoms with Gasteiger partial charge in [-0.3, -0.25) is 0 Å². The average Bonchev–Trinajstić information content (AvgIpc) is 3.36. The quantitative estimate of drug-likeness (QED) is 0.401. The molecule has 0 saturated heterocycles. The minimum absolute atomic E-state index is 0.212. The van der Waals surface area contributed by atoms with E-state index in [-0.39, 0.29) is 6.54 Å². The molecular weight excluding hydrogens is 398 g/mol. The summed E-state index contributed by atoms with van der Waals surface area (Å²) in [4.78, 5) is 8.81. The first-order valence-electron chi connectivity index (χ1n) is 8.83. The maximum absolute atomic E-state index is 10.6. The Morgan fingerprint density at radius 1 is 1.36 bits per heavy atom. The third kappa shape index (κ3) is 5.31. The molecule has 7 nitrogen and oxygen atoms in total. The van der Waals surface area contributed by atoms with Crippen LogP contribution in [0.15, 0.2) is 50.6 Å². The number of aliphatic imine (C=N–C) groups is 1. The normalized spacial score (nSPS) is 13.9. The van der Waals surface area contributed by atoms with E-state index in [1.54, 1.807) is 30.4 Å². The Morgan fingerprint density at radius 2 is 2.21 bits per heavy atom. The predicted molar refractivity (Wildman–Crippen MR) is 111 cm³/mol. The molecule has 0 aliphatic rings. The summed E-state index contributed by atoms with van der Waals surface area (Å²) in [6, 6.07) is 9.17. The molecule has 1 aromatic carbocycles. The summed E-state index contributed by atoms with van der Waals surface area (Å²) in [6.45, 7) is 4.94. The molecule has 0 spiro atoms. The molecule has 1 unspecified atom stereocenters. The Balaban J connectivity index is 1.64. The van der Waals surface area contributed by atoms with Crippen LogP contribution in [0.3, 0.4) is 0 Å². The van der Waals surface area contributed by atoms with Gasteiger partial charge in [0.15, 0.2) is 5.96 Å². The number of aliphatic hydroxyl groups is 1. The van der Waals surface area contributed by atoms with Gasteiger partial charge in [0, 0.05) is 17.1 Å². The van der Waals surface area contributed by atoms with Crippen LogP contribution in [0, 0.1) is 0 Å². The van der Waals surface area contributed by atoms with Crippen molar-refractivity contribution in [3.8, 4) is 11.4 Å². The Labute approximate surface area is 172 Å². The molecule has 0 saturated carbocycles. The van der Waals surface area contributed by atoms with Crippen molar-refractivity contribution in [1.29, 1.82) is 0 Å². The van der Waals surface area contributed by atoms with E-state index < -0.39 is 5.60 Å². The molecule has 0 aliphatic carbocycles. The first kappa shape index (κ1) is 20.3. The van der Waals surface area contributed by atoms with Crippen LogP contribution in [0.4, 0.5) is 0 Å². The minimum Gasteiger partial charge on any atom is -0.384 e. The number of aromatic nitrogens is 2. The summed E-state index contributed by atoms with van der Waals surface area (Å²) in [6.07, 6.45) is 0. The molecule has 3 aromatic rings. The number of benzene rings is 1. The van der Waals surface area contributed by atoms with Crippen molar-refractivity contribution in [1.82, 2.24) is 20.8 Å². The number of nitrogens with zero attached hydrogens (tertiary/aromatic N) is 3. The molecule has 0 bridgehead atoms. The van der Waals surface area contributed by atoms with Crippen LogP contribution in [0.1, 0.15) is 25.3 Å². The number of nitrogens with one attached hydrogen (secondary N) is 2. The first-order valence-corrected chi connectivity index (χ1v) is 10.2. The SMILES string of the molecule is CCNC(=NCc1nc(-c2cccc(Cl)c2)no1)NCC(C)(O)c1ccsc1. The summed E-state index contributed by atoms with van der Waals surface area (Å²) in [5, 5.41) is 25.4. The fraction of sp³-hybridized carbons (Fsp3) is 0.316. The van der Waals surface area contributed by atoms with Crippen molar-refractivity contribution in [2.24, 2.45) is 4.99 Å². The van der Waals surface area contributed by atoms with Crippen LogP contribution >= 0.6 is 22.9 Å². The lowest BCUT2D eigenvalue weighted by Crippen LogP contribution is -2.44. The van der Waals surface area contributed by atoms with E-state index in [9.17, 15) is 5.11 Å². The van der Waals surface area contributed by atoms with E-state index in [1.807, 2.05) is 35.9 Å². The molecule has 0 fully saturated rings. The lowest BCUT2D eigenvalue weighted by Gasteiger charge is -2.24. The zero-order chi connectivity index (χ0) is 20.0. The third-order valence-corrected chi connectivity index (χ3v) is 4.93. The van der Waals surface area contributed by atoms with Crippen molar-refractivity contribution in [2.45, 2.75) is 26.0 Å². The lowest BCUT2D eigenvalue weighted by atomic mass is 9.99. The van der Waals surface area contributed by atoms with Gasteiger partial charge in [0.05, 0.1) is 6.54 Å². The van der Waals surface area contributed by atoms with E-state index in [0.717, 1.165) is 11.1 Å². The second-order valence-corrected chi connectivity index (χ2v) is 7.57. The highest BCUT2D eigenvalue weighted by molar-refractivity contribution is 7.08. The summed E-state index contributed by atoms with van der Waals surface area (Å²) >= 11 is 7.55. The topological polar surface area (TPSA) is 95.6 Å². The molecule has 9 heteroatoms. The average molecular weight is 420 g/mol. The highest BCUT2D eigenvalue weighted by Crippen LogP contribution is 2.22. The van der Waals surface area contributed by atoms with E-state index in [2.05, 4.69) is 25.8 Å². The molecule has 0 radical (unpaired) electrons. The maximum atomic E-state index is 10.6. The van der Waals surface area contributed by atoms with Crippen molar-refractivity contribution < 1.29 is 9.63 Å². The van der Waals surface area contributed by atoms with Gasteiger partial charge in [0.1, 0.15) is 12.1 Å². The highest BCUT2D eigenvalue weighted by Gasteiger charge is 2.23. The van der Waals surface area contributed by atoms with Crippen LogP contribution in [-0.2, 0) is 12.1 Å². The first-order chi connectivity index (χ1) is 13.5. The molecule has 28 heavy (non-hydrogen) atoms. The van der Waals surface area contributed by atoms with Gasteiger partial charge < -0.3 is 20.3 Å². The van der Waals surface area contributed by atoms with Crippen LogP contribution in [0.5, 0.6) is 0 Å². The standard InChI is InChI=1S/C19H22ClN5O2S/c1-3-21-18(23-12-19(2,26)14-7-8-28-11-14)22-10-16-24-17(25-27-16)13-5-4-6-15(20)9-13/h4-9,11,26H,3,10,12H2,1-2H3,(H2,21,22,23). The van der Waals surface area contributed by atoms with Crippen LogP contribution < -0.4 is 10.6 Å². The lowest BCUT2D eigenvalue weighted by molar-refractivity contribution is 0.0621. The van der Waals surface area contributed by atoms with Gasteiger partial charge in [0.25, 0.3) is 0 Å². The zero-order valence-electron chi connectivity index (χ0n) is 15.6. The summed E-state index contributed by atoms with van der Waals surface area (Å²) < 4.78 is 5.28. The number of rotatable bonds is 7. The van der Waals surface area contributed by atoms with Crippen molar-refractivity contribution in [3.63, 3.8) is 0 Å². The van der Waals surface area contributed by atoms with Gasteiger partial charge in [-0.25, -0.2) is 4.99 Å². The Kier molecular flexibility index (Phi) is 6.66. The maximum Gasteiger partial charge on any atom is 0.248 e. The van der Waals surface area contributed by atoms with Gasteiger partial charge in [-0.1, -0.05) is 28.9 Å².